The number of rotatable bonds is 4. The van der Waals surface area contributed by atoms with E-state index >= 15 is 0 Å². The third-order valence-corrected chi connectivity index (χ3v) is 4.28. The maximum atomic E-state index is 4.80. The number of nitrogens with zero attached hydrogens (tertiary/aromatic N) is 5. The summed E-state index contributed by atoms with van der Waals surface area (Å²) in [5, 5.41) is 0. The molecule has 0 saturated carbocycles. The third-order valence-electron chi connectivity index (χ3n) is 4.28. The fourth-order valence-electron chi connectivity index (χ4n) is 2.83. The summed E-state index contributed by atoms with van der Waals surface area (Å²) in [6, 6.07) is 6.66. The predicted molar refractivity (Wildman–Crippen MR) is 88.9 cm³/mol. The molecule has 1 aliphatic heterocycles. The topological polar surface area (TPSA) is 45.2 Å². The van der Waals surface area contributed by atoms with Gasteiger partial charge in [-0.1, -0.05) is 6.92 Å². The second-order valence-corrected chi connectivity index (χ2v) is 5.98. The monoisotopic (exact) mass is 297 g/mol. The van der Waals surface area contributed by atoms with Gasteiger partial charge in [0.1, 0.15) is 5.82 Å². The van der Waals surface area contributed by atoms with Crippen molar-refractivity contribution in [3.8, 4) is 11.4 Å². The van der Waals surface area contributed by atoms with Crippen LogP contribution in [0.15, 0.2) is 30.6 Å². The van der Waals surface area contributed by atoms with Gasteiger partial charge in [-0.05, 0) is 39.1 Å². The number of pyridine rings is 1. The summed E-state index contributed by atoms with van der Waals surface area (Å²) in [6.45, 7) is 4.22. The van der Waals surface area contributed by atoms with Crippen molar-refractivity contribution >= 4 is 5.82 Å². The van der Waals surface area contributed by atoms with Gasteiger partial charge in [0.15, 0.2) is 5.82 Å². The van der Waals surface area contributed by atoms with Gasteiger partial charge in [-0.25, -0.2) is 9.97 Å². The minimum Gasteiger partial charge on any atom is -0.355 e. The molecule has 3 heterocycles. The highest BCUT2D eigenvalue weighted by Gasteiger charge is 2.25. The minimum absolute atomic E-state index is 0.601. The second kappa shape index (κ2) is 6.40. The lowest BCUT2D eigenvalue weighted by molar-refractivity contribution is 0.315. The Hall–Kier alpha value is -2.01. The quantitative estimate of drug-likeness (QED) is 0.866. The molecule has 0 aliphatic carbocycles. The molecule has 1 unspecified atom stereocenters. The smallest absolute Gasteiger partial charge is 0.161 e. The van der Waals surface area contributed by atoms with Crippen molar-refractivity contribution in [3.05, 3.63) is 36.3 Å². The van der Waals surface area contributed by atoms with Gasteiger partial charge in [0, 0.05) is 48.8 Å². The summed E-state index contributed by atoms with van der Waals surface area (Å²) in [5.41, 5.74) is 2.11. The SMILES string of the molecule is CCc1cc(N2CCC(N(C)C)C2)nc(-c2ccncc2)n1. The van der Waals surface area contributed by atoms with E-state index < -0.39 is 0 Å². The van der Waals surface area contributed by atoms with Gasteiger partial charge in [0.25, 0.3) is 0 Å². The van der Waals surface area contributed by atoms with E-state index in [2.05, 4.69) is 46.9 Å². The average Bonchev–Trinajstić information content (AvgIpc) is 3.05. The Kier molecular flexibility index (Phi) is 4.34. The molecule has 116 valence electrons. The van der Waals surface area contributed by atoms with Crippen molar-refractivity contribution in [3.63, 3.8) is 0 Å². The molecule has 0 N–H and O–H groups in total. The molecule has 5 heteroatoms. The Morgan fingerprint density at radius 1 is 1.23 bits per heavy atom. The first kappa shape index (κ1) is 14.9. The van der Waals surface area contributed by atoms with E-state index in [1.165, 1.54) is 6.42 Å². The van der Waals surface area contributed by atoms with Crippen molar-refractivity contribution in [1.29, 1.82) is 0 Å². The molecular formula is C17H23N5. The van der Waals surface area contributed by atoms with Crippen LogP contribution >= 0.6 is 0 Å². The summed E-state index contributed by atoms with van der Waals surface area (Å²) >= 11 is 0. The van der Waals surface area contributed by atoms with Gasteiger partial charge in [0.2, 0.25) is 0 Å². The van der Waals surface area contributed by atoms with E-state index in [1.807, 2.05) is 12.1 Å². The summed E-state index contributed by atoms with van der Waals surface area (Å²) in [4.78, 5) is 18.2. The first-order valence-corrected chi connectivity index (χ1v) is 7.87. The third kappa shape index (κ3) is 3.09. The van der Waals surface area contributed by atoms with Crippen LogP contribution in [0.5, 0.6) is 0 Å². The van der Waals surface area contributed by atoms with E-state index in [9.17, 15) is 0 Å². The molecule has 5 nitrogen and oxygen atoms in total. The number of aromatic nitrogens is 3. The molecule has 2 aromatic heterocycles. The lowest BCUT2D eigenvalue weighted by Gasteiger charge is -2.21. The summed E-state index contributed by atoms with van der Waals surface area (Å²) in [6.07, 6.45) is 5.67. The molecule has 1 fully saturated rings. The molecule has 0 amide bonds. The maximum absolute atomic E-state index is 4.80. The fraction of sp³-hybridized carbons (Fsp3) is 0.471. The Labute approximate surface area is 132 Å². The van der Waals surface area contributed by atoms with Gasteiger partial charge < -0.3 is 9.80 Å². The largest absolute Gasteiger partial charge is 0.355 e. The van der Waals surface area contributed by atoms with Crippen LogP contribution < -0.4 is 4.90 Å². The van der Waals surface area contributed by atoms with Crippen LogP contribution in [-0.2, 0) is 6.42 Å². The Bertz CT molecular complexity index is 626. The van der Waals surface area contributed by atoms with Gasteiger partial charge in [-0.2, -0.15) is 0 Å². The van der Waals surface area contributed by atoms with Crippen molar-refractivity contribution in [1.82, 2.24) is 19.9 Å². The number of anilines is 1. The lowest BCUT2D eigenvalue weighted by Crippen LogP contribution is -2.31. The van der Waals surface area contributed by atoms with Crippen LogP contribution in [0.1, 0.15) is 19.0 Å². The zero-order valence-electron chi connectivity index (χ0n) is 13.5. The lowest BCUT2D eigenvalue weighted by atomic mass is 10.2. The Morgan fingerprint density at radius 2 is 2.00 bits per heavy atom. The van der Waals surface area contributed by atoms with Gasteiger partial charge in [0.05, 0.1) is 0 Å². The molecule has 3 rings (SSSR count). The second-order valence-electron chi connectivity index (χ2n) is 5.98. The van der Waals surface area contributed by atoms with E-state index in [1.54, 1.807) is 12.4 Å². The van der Waals surface area contributed by atoms with E-state index in [0.717, 1.165) is 42.4 Å². The maximum Gasteiger partial charge on any atom is 0.161 e. The van der Waals surface area contributed by atoms with Gasteiger partial charge in [-0.3, -0.25) is 4.98 Å². The Balaban J connectivity index is 1.92. The molecule has 1 aliphatic rings. The fourth-order valence-corrected chi connectivity index (χ4v) is 2.83. The summed E-state index contributed by atoms with van der Waals surface area (Å²) < 4.78 is 0. The highest BCUT2D eigenvalue weighted by Crippen LogP contribution is 2.24. The molecule has 0 bridgehead atoms. The Morgan fingerprint density at radius 3 is 2.64 bits per heavy atom. The van der Waals surface area contributed by atoms with Crippen LogP contribution in [0.25, 0.3) is 11.4 Å². The van der Waals surface area contributed by atoms with Gasteiger partial charge in [-0.15, -0.1) is 0 Å². The van der Waals surface area contributed by atoms with Crippen molar-refractivity contribution in [2.75, 3.05) is 32.1 Å². The van der Waals surface area contributed by atoms with Crippen LogP contribution in [0.3, 0.4) is 0 Å². The normalized spacial score (nSPS) is 18.2. The predicted octanol–water partition coefficient (Wildman–Crippen LogP) is 2.24. The minimum atomic E-state index is 0.601. The molecular weight excluding hydrogens is 274 g/mol. The molecule has 0 spiro atoms. The zero-order chi connectivity index (χ0) is 15.5. The summed E-state index contributed by atoms with van der Waals surface area (Å²) in [7, 11) is 4.29. The van der Waals surface area contributed by atoms with E-state index in [-0.39, 0.29) is 0 Å². The van der Waals surface area contributed by atoms with E-state index in [4.69, 9.17) is 4.98 Å². The highest BCUT2D eigenvalue weighted by atomic mass is 15.3. The van der Waals surface area contributed by atoms with Crippen LogP contribution in [0, 0.1) is 0 Å². The molecule has 22 heavy (non-hydrogen) atoms. The molecule has 0 aromatic carbocycles. The van der Waals surface area contributed by atoms with Crippen molar-refractivity contribution < 1.29 is 0 Å². The van der Waals surface area contributed by atoms with Crippen LogP contribution in [0.4, 0.5) is 5.82 Å². The number of hydrogen-bond donors (Lipinski definition) is 0. The molecule has 1 saturated heterocycles. The summed E-state index contributed by atoms with van der Waals surface area (Å²) in [5.74, 6) is 1.84. The first-order chi connectivity index (χ1) is 10.7. The van der Waals surface area contributed by atoms with Crippen LogP contribution in [-0.4, -0.2) is 53.1 Å². The van der Waals surface area contributed by atoms with Gasteiger partial charge >= 0.3 is 0 Å². The van der Waals surface area contributed by atoms with Crippen LogP contribution in [0.2, 0.25) is 0 Å². The average molecular weight is 297 g/mol. The molecule has 1 atom stereocenters. The zero-order valence-corrected chi connectivity index (χ0v) is 13.5. The first-order valence-electron chi connectivity index (χ1n) is 7.87. The van der Waals surface area contributed by atoms with E-state index in [0.29, 0.717) is 6.04 Å². The number of aryl methyl sites for hydroxylation is 1. The number of likely N-dealkylation sites (N-methyl/N-ethyl adjacent to an activating group) is 1. The molecule has 2 aromatic rings. The molecule has 0 radical (unpaired) electrons. The number of hydrogen-bond acceptors (Lipinski definition) is 5. The highest BCUT2D eigenvalue weighted by molar-refractivity contribution is 5.57. The standard InChI is InChI=1S/C17H23N5/c1-4-14-11-16(22-10-7-15(12-22)21(2)3)20-17(19-14)13-5-8-18-9-6-13/h5-6,8-9,11,15H,4,7,10,12H2,1-3H3. The van der Waals surface area contributed by atoms with Crippen molar-refractivity contribution in [2.24, 2.45) is 0 Å². The van der Waals surface area contributed by atoms with Crippen molar-refractivity contribution in [2.45, 2.75) is 25.8 Å².